The van der Waals surface area contributed by atoms with Crippen LogP contribution < -0.4 is 5.32 Å². The van der Waals surface area contributed by atoms with Gasteiger partial charge in [-0.3, -0.25) is 0 Å². The molecule has 1 aromatic carbocycles. The minimum Gasteiger partial charge on any atom is -0.308 e. The van der Waals surface area contributed by atoms with Gasteiger partial charge in [0.15, 0.2) is 0 Å². The van der Waals surface area contributed by atoms with Crippen molar-refractivity contribution in [3.8, 4) is 0 Å². The third kappa shape index (κ3) is 5.52. The Morgan fingerprint density at radius 1 is 1.39 bits per heavy atom. The highest BCUT2D eigenvalue weighted by Crippen LogP contribution is 2.26. The Morgan fingerprint density at radius 2 is 2.11 bits per heavy atom. The van der Waals surface area contributed by atoms with E-state index in [-0.39, 0.29) is 6.04 Å². The van der Waals surface area contributed by atoms with Crippen molar-refractivity contribution in [1.29, 1.82) is 0 Å². The molecule has 0 aliphatic carbocycles. The van der Waals surface area contributed by atoms with E-state index in [2.05, 4.69) is 48.1 Å². The van der Waals surface area contributed by atoms with Crippen LogP contribution in [0.3, 0.4) is 0 Å². The molecule has 0 radical (unpaired) electrons. The predicted molar refractivity (Wildman–Crippen MR) is 87.8 cm³/mol. The van der Waals surface area contributed by atoms with Crippen LogP contribution in [0.1, 0.15) is 38.8 Å². The fourth-order valence-electron chi connectivity index (χ4n) is 1.86. The molecule has 2 unspecified atom stereocenters. The van der Waals surface area contributed by atoms with Crippen LogP contribution in [0.2, 0.25) is 5.02 Å². The van der Waals surface area contributed by atoms with Gasteiger partial charge in [0, 0.05) is 21.6 Å². The lowest BCUT2D eigenvalue weighted by Crippen LogP contribution is -2.29. The zero-order valence-electron chi connectivity index (χ0n) is 11.2. The molecule has 1 nitrogen and oxygen atoms in total. The maximum absolute atomic E-state index is 6.26. The number of hydrogen-bond donors (Lipinski definition) is 1. The van der Waals surface area contributed by atoms with Crippen LogP contribution >= 0.6 is 39.3 Å². The maximum atomic E-state index is 6.26. The van der Waals surface area contributed by atoms with Crippen molar-refractivity contribution in [3.05, 3.63) is 33.3 Å². The van der Waals surface area contributed by atoms with Crippen molar-refractivity contribution in [1.82, 2.24) is 5.32 Å². The lowest BCUT2D eigenvalue weighted by Gasteiger charge is -2.21. The van der Waals surface area contributed by atoms with Gasteiger partial charge >= 0.3 is 0 Å². The Balaban J connectivity index is 2.51. The summed E-state index contributed by atoms with van der Waals surface area (Å²) in [5.74, 6) is 2.41. The highest BCUT2D eigenvalue weighted by atomic mass is 79.9. The second-order valence-corrected chi connectivity index (χ2v) is 7.16. The molecule has 0 aliphatic rings. The van der Waals surface area contributed by atoms with Gasteiger partial charge in [0.25, 0.3) is 0 Å². The van der Waals surface area contributed by atoms with E-state index in [1.54, 1.807) is 0 Å². The van der Waals surface area contributed by atoms with Crippen LogP contribution in [0.25, 0.3) is 0 Å². The summed E-state index contributed by atoms with van der Waals surface area (Å²) >= 11 is 11.7. The summed E-state index contributed by atoms with van der Waals surface area (Å²) in [7, 11) is 0. The maximum Gasteiger partial charge on any atom is 0.0464 e. The second-order valence-electron chi connectivity index (χ2n) is 4.44. The third-order valence-electron chi connectivity index (χ3n) is 2.86. The first-order valence-corrected chi connectivity index (χ1v) is 8.66. The fraction of sp³-hybridized carbons (Fsp3) is 0.571. The van der Waals surface area contributed by atoms with Crippen LogP contribution in [0.5, 0.6) is 0 Å². The number of thioether (sulfide) groups is 1. The summed E-state index contributed by atoms with van der Waals surface area (Å²) in [5, 5.41) is 4.42. The SMILES string of the molecule is CCSCCC(C)NC(C)c1ccc(Br)cc1Cl. The quantitative estimate of drug-likeness (QED) is 0.671. The minimum atomic E-state index is 0.284. The molecule has 0 heterocycles. The fourth-order valence-corrected chi connectivity index (χ4v) is 3.50. The number of hydrogen-bond acceptors (Lipinski definition) is 2. The molecule has 0 saturated carbocycles. The molecule has 0 fully saturated rings. The van der Waals surface area contributed by atoms with Gasteiger partial charge in [0.1, 0.15) is 0 Å². The standard InChI is InChI=1S/C14H21BrClNS/c1-4-18-8-7-10(2)17-11(3)13-6-5-12(15)9-14(13)16/h5-6,9-11,17H,4,7-8H2,1-3H3. The molecule has 0 saturated heterocycles. The molecule has 0 aliphatic heterocycles. The monoisotopic (exact) mass is 349 g/mol. The Hall–Kier alpha value is 0.300. The van der Waals surface area contributed by atoms with Gasteiger partial charge in [-0.25, -0.2) is 0 Å². The average molecular weight is 351 g/mol. The van der Waals surface area contributed by atoms with Crippen LogP contribution in [0.15, 0.2) is 22.7 Å². The van der Waals surface area contributed by atoms with Gasteiger partial charge in [-0.1, -0.05) is 40.5 Å². The number of nitrogens with one attached hydrogen (secondary N) is 1. The molecule has 4 heteroatoms. The van der Waals surface area contributed by atoms with E-state index in [1.165, 1.54) is 17.9 Å². The summed E-state index contributed by atoms with van der Waals surface area (Å²) in [6.07, 6.45) is 1.19. The number of halogens is 2. The number of rotatable bonds is 7. The Kier molecular flexibility index (Phi) is 7.69. The zero-order chi connectivity index (χ0) is 13.5. The molecule has 0 amide bonds. The molecule has 1 N–H and O–H groups in total. The van der Waals surface area contributed by atoms with E-state index < -0.39 is 0 Å². The molecule has 0 spiro atoms. The van der Waals surface area contributed by atoms with Crippen molar-refractivity contribution in [2.75, 3.05) is 11.5 Å². The van der Waals surface area contributed by atoms with E-state index in [0.717, 1.165) is 15.1 Å². The molecular formula is C14H21BrClNS. The van der Waals surface area contributed by atoms with E-state index >= 15 is 0 Å². The van der Waals surface area contributed by atoms with Crippen molar-refractivity contribution < 1.29 is 0 Å². The highest BCUT2D eigenvalue weighted by molar-refractivity contribution is 9.10. The van der Waals surface area contributed by atoms with Crippen LogP contribution in [0.4, 0.5) is 0 Å². The lowest BCUT2D eigenvalue weighted by molar-refractivity contribution is 0.472. The van der Waals surface area contributed by atoms with Crippen molar-refractivity contribution in [2.24, 2.45) is 0 Å². The van der Waals surface area contributed by atoms with Crippen molar-refractivity contribution in [2.45, 2.75) is 39.3 Å². The van der Waals surface area contributed by atoms with Crippen LogP contribution in [0, 0.1) is 0 Å². The van der Waals surface area contributed by atoms with Gasteiger partial charge < -0.3 is 5.32 Å². The predicted octanol–water partition coefficient (Wildman–Crippen LogP) is 5.28. The normalized spacial score (nSPS) is 14.5. The average Bonchev–Trinajstić information content (AvgIpc) is 2.28. The Morgan fingerprint density at radius 3 is 2.72 bits per heavy atom. The molecule has 18 heavy (non-hydrogen) atoms. The second kappa shape index (κ2) is 8.47. The minimum absolute atomic E-state index is 0.284. The van der Waals surface area contributed by atoms with E-state index in [4.69, 9.17) is 11.6 Å². The van der Waals surface area contributed by atoms with E-state index in [9.17, 15) is 0 Å². The van der Waals surface area contributed by atoms with Gasteiger partial charge in [0.05, 0.1) is 0 Å². The summed E-state index contributed by atoms with van der Waals surface area (Å²) < 4.78 is 1.02. The summed E-state index contributed by atoms with van der Waals surface area (Å²) in [6.45, 7) is 6.60. The molecule has 1 rings (SSSR count). The molecular weight excluding hydrogens is 330 g/mol. The first-order chi connectivity index (χ1) is 8.54. The summed E-state index contributed by atoms with van der Waals surface area (Å²) in [4.78, 5) is 0. The molecule has 1 aromatic rings. The molecule has 0 aromatic heterocycles. The first kappa shape index (κ1) is 16.4. The molecule has 0 bridgehead atoms. The van der Waals surface area contributed by atoms with E-state index in [0.29, 0.717) is 6.04 Å². The zero-order valence-corrected chi connectivity index (χ0v) is 14.3. The van der Waals surface area contributed by atoms with Crippen LogP contribution in [-0.2, 0) is 0 Å². The smallest absolute Gasteiger partial charge is 0.0464 e. The lowest BCUT2D eigenvalue weighted by atomic mass is 10.1. The highest BCUT2D eigenvalue weighted by Gasteiger charge is 2.12. The van der Waals surface area contributed by atoms with Crippen molar-refractivity contribution >= 4 is 39.3 Å². The largest absolute Gasteiger partial charge is 0.308 e. The van der Waals surface area contributed by atoms with Gasteiger partial charge in [-0.15, -0.1) is 0 Å². The van der Waals surface area contributed by atoms with Crippen molar-refractivity contribution in [3.63, 3.8) is 0 Å². The Labute approximate surface area is 128 Å². The number of benzene rings is 1. The van der Waals surface area contributed by atoms with Gasteiger partial charge in [-0.2, -0.15) is 11.8 Å². The van der Waals surface area contributed by atoms with E-state index in [1.807, 2.05) is 23.9 Å². The topological polar surface area (TPSA) is 12.0 Å². The van der Waals surface area contributed by atoms with Gasteiger partial charge in [0.2, 0.25) is 0 Å². The Bertz CT molecular complexity index is 373. The van der Waals surface area contributed by atoms with Gasteiger partial charge in [-0.05, 0) is 49.5 Å². The first-order valence-electron chi connectivity index (χ1n) is 6.33. The molecule has 2 atom stereocenters. The third-order valence-corrected chi connectivity index (χ3v) is 4.62. The summed E-state index contributed by atoms with van der Waals surface area (Å²) in [6, 6.07) is 6.87. The molecule has 102 valence electrons. The van der Waals surface area contributed by atoms with Crippen LogP contribution in [-0.4, -0.2) is 17.5 Å². The summed E-state index contributed by atoms with van der Waals surface area (Å²) in [5.41, 5.74) is 1.16.